The number of aliphatic hydroxyl groups is 1. The van der Waals surface area contributed by atoms with Gasteiger partial charge in [0, 0.05) is 18.2 Å². The van der Waals surface area contributed by atoms with Crippen molar-refractivity contribution >= 4 is 27.5 Å². The van der Waals surface area contributed by atoms with Crippen LogP contribution >= 0.6 is 0 Å². The van der Waals surface area contributed by atoms with E-state index in [0.717, 1.165) is 4.31 Å². The van der Waals surface area contributed by atoms with Crippen molar-refractivity contribution in [2.75, 3.05) is 13.7 Å². The van der Waals surface area contributed by atoms with E-state index in [1.54, 1.807) is 13.0 Å². The van der Waals surface area contributed by atoms with Gasteiger partial charge in [0.15, 0.2) is 5.76 Å². The molecule has 2 aromatic carbocycles. The lowest BCUT2D eigenvalue weighted by molar-refractivity contribution is 0.0526. The molecule has 7 nitrogen and oxygen atoms in total. The van der Waals surface area contributed by atoms with Crippen LogP contribution in [0.1, 0.15) is 33.2 Å². The molecule has 2 aromatic rings. The number of Topliss-reactive ketones (excluding diaryl/α,β-unsaturated/α-hetero) is 1. The van der Waals surface area contributed by atoms with Gasteiger partial charge in [0.05, 0.1) is 17.1 Å². The average Bonchev–Trinajstić information content (AvgIpc) is 2.67. The van der Waals surface area contributed by atoms with Crippen LogP contribution in [-0.4, -0.2) is 43.2 Å². The van der Waals surface area contributed by atoms with Crippen LogP contribution < -0.4 is 0 Å². The summed E-state index contributed by atoms with van der Waals surface area (Å²) in [5, 5.41) is 10.6. The summed E-state index contributed by atoms with van der Waals surface area (Å²) in [4.78, 5) is 24.8. The average molecular weight is 387 g/mol. The van der Waals surface area contributed by atoms with Gasteiger partial charge in [0.2, 0.25) is 5.78 Å². The van der Waals surface area contributed by atoms with Crippen LogP contribution in [0.2, 0.25) is 0 Å². The Balaban J connectivity index is 2.12. The van der Waals surface area contributed by atoms with Gasteiger partial charge in [0.25, 0.3) is 10.0 Å². The summed E-state index contributed by atoms with van der Waals surface area (Å²) < 4.78 is 31.1. The fourth-order valence-corrected chi connectivity index (χ4v) is 4.22. The maximum Gasteiger partial charge on any atom is 0.338 e. The van der Waals surface area contributed by atoms with E-state index in [1.165, 1.54) is 49.5 Å². The molecule has 3 rings (SSSR count). The molecule has 0 atom stereocenters. The lowest BCUT2D eigenvalue weighted by atomic mass is 10.0. The molecule has 27 heavy (non-hydrogen) atoms. The number of benzene rings is 2. The minimum Gasteiger partial charge on any atom is -0.505 e. The first-order valence-electron chi connectivity index (χ1n) is 8.12. The molecule has 0 fully saturated rings. The number of fused-ring (bicyclic) bond motifs is 1. The van der Waals surface area contributed by atoms with Crippen molar-refractivity contribution in [1.82, 2.24) is 4.31 Å². The van der Waals surface area contributed by atoms with Crippen molar-refractivity contribution < 1.29 is 27.9 Å². The second-order valence-corrected chi connectivity index (χ2v) is 7.73. The molecular formula is C19H17NO6S. The largest absolute Gasteiger partial charge is 0.505 e. The first kappa shape index (κ1) is 18.7. The first-order chi connectivity index (χ1) is 12.8. The molecule has 0 radical (unpaired) electrons. The van der Waals surface area contributed by atoms with E-state index < -0.39 is 27.5 Å². The van der Waals surface area contributed by atoms with Crippen molar-refractivity contribution in [2.45, 2.75) is 11.8 Å². The monoisotopic (exact) mass is 387 g/mol. The Kier molecular flexibility index (Phi) is 4.75. The molecule has 1 aliphatic rings. The third-order valence-electron chi connectivity index (χ3n) is 4.17. The predicted octanol–water partition coefficient (Wildman–Crippen LogP) is 2.61. The Morgan fingerprint density at radius 3 is 2.44 bits per heavy atom. The molecule has 1 heterocycles. The molecular weight excluding hydrogens is 370 g/mol. The zero-order valence-electron chi connectivity index (χ0n) is 14.7. The highest BCUT2D eigenvalue weighted by Crippen LogP contribution is 2.35. The number of carbonyl (C=O) groups is 2. The van der Waals surface area contributed by atoms with Gasteiger partial charge < -0.3 is 9.84 Å². The van der Waals surface area contributed by atoms with Gasteiger partial charge in [-0.1, -0.05) is 24.3 Å². The van der Waals surface area contributed by atoms with Crippen LogP contribution in [0.25, 0.3) is 5.76 Å². The summed E-state index contributed by atoms with van der Waals surface area (Å²) in [6.45, 7) is 1.84. The van der Waals surface area contributed by atoms with E-state index in [0.29, 0.717) is 0 Å². The van der Waals surface area contributed by atoms with E-state index in [2.05, 4.69) is 0 Å². The van der Waals surface area contributed by atoms with Gasteiger partial charge in [-0.2, -0.15) is 0 Å². The van der Waals surface area contributed by atoms with E-state index in [4.69, 9.17) is 4.74 Å². The predicted molar refractivity (Wildman–Crippen MR) is 97.7 cm³/mol. The van der Waals surface area contributed by atoms with Gasteiger partial charge in [-0.25, -0.2) is 13.2 Å². The summed E-state index contributed by atoms with van der Waals surface area (Å²) in [5.41, 5.74) is -0.108. The second-order valence-electron chi connectivity index (χ2n) is 5.80. The highest BCUT2D eigenvalue weighted by molar-refractivity contribution is 7.89. The van der Waals surface area contributed by atoms with E-state index in [1.807, 2.05) is 0 Å². The molecule has 0 aromatic heterocycles. The molecule has 0 bridgehead atoms. The minimum absolute atomic E-state index is 0.0560. The van der Waals surface area contributed by atoms with Gasteiger partial charge in [-0.05, 0) is 31.2 Å². The SMILES string of the molecule is CCOC(=O)c1cccc(C(=O)C2=C(O)c3ccccc3S(=O)(=O)N2C)c1. The van der Waals surface area contributed by atoms with E-state index >= 15 is 0 Å². The highest BCUT2D eigenvalue weighted by Gasteiger charge is 2.38. The molecule has 1 N–H and O–H groups in total. The zero-order valence-corrected chi connectivity index (χ0v) is 15.5. The number of rotatable bonds is 4. The molecule has 0 unspecified atom stereocenters. The van der Waals surface area contributed by atoms with Gasteiger partial charge in [-0.15, -0.1) is 0 Å². The van der Waals surface area contributed by atoms with Crippen LogP contribution in [0.3, 0.4) is 0 Å². The van der Waals surface area contributed by atoms with Gasteiger partial charge in [0.1, 0.15) is 5.70 Å². The summed E-state index contributed by atoms with van der Waals surface area (Å²) in [6, 6.07) is 11.6. The van der Waals surface area contributed by atoms with Crippen LogP contribution in [0.5, 0.6) is 0 Å². The normalized spacial score (nSPS) is 15.3. The van der Waals surface area contributed by atoms with Crippen molar-refractivity contribution in [3.05, 3.63) is 70.9 Å². The Labute approximate surface area is 156 Å². The fraction of sp³-hybridized carbons (Fsp3) is 0.158. The maximum atomic E-state index is 13.0. The number of esters is 1. The number of ether oxygens (including phenoxy) is 1. The number of sulfonamides is 1. The summed E-state index contributed by atoms with van der Waals surface area (Å²) >= 11 is 0. The molecule has 140 valence electrons. The molecule has 1 aliphatic heterocycles. The smallest absolute Gasteiger partial charge is 0.338 e. The van der Waals surface area contributed by atoms with Gasteiger partial charge in [-0.3, -0.25) is 9.10 Å². The van der Waals surface area contributed by atoms with Crippen LogP contribution in [-0.2, 0) is 14.8 Å². The van der Waals surface area contributed by atoms with Gasteiger partial charge >= 0.3 is 5.97 Å². The number of ketones is 1. The molecule has 0 aliphatic carbocycles. The van der Waals surface area contributed by atoms with Crippen molar-refractivity contribution in [3.63, 3.8) is 0 Å². The molecule has 0 amide bonds. The van der Waals surface area contributed by atoms with E-state index in [9.17, 15) is 23.1 Å². The maximum absolute atomic E-state index is 13.0. The van der Waals surface area contributed by atoms with E-state index in [-0.39, 0.29) is 33.9 Å². The van der Waals surface area contributed by atoms with Crippen LogP contribution in [0.15, 0.2) is 59.1 Å². The molecule has 8 heteroatoms. The lowest BCUT2D eigenvalue weighted by Crippen LogP contribution is -2.35. The van der Waals surface area contributed by atoms with Crippen LogP contribution in [0, 0.1) is 0 Å². The standard InChI is InChI=1S/C19H17NO6S/c1-3-26-19(23)13-8-6-7-12(11-13)17(21)16-18(22)14-9-4-5-10-15(14)27(24,25)20(16)2/h4-11,22H,3H2,1-2H3. The number of likely N-dealkylation sites (N-methyl/N-ethyl adjacent to an activating group) is 1. The van der Waals surface area contributed by atoms with Crippen molar-refractivity contribution in [1.29, 1.82) is 0 Å². The minimum atomic E-state index is -3.99. The quantitative estimate of drug-likeness (QED) is 0.639. The van der Waals surface area contributed by atoms with Crippen molar-refractivity contribution in [3.8, 4) is 0 Å². The van der Waals surface area contributed by atoms with Crippen LogP contribution in [0.4, 0.5) is 0 Å². The summed E-state index contributed by atoms with van der Waals surface area (Å²) in [7, 11) is -2.79. The Hall–Kier alpha value is -3.13. The van der Waals surface area contributed by atoms with Crippen molar-refractivity contribution in [2.24, 2.45) is 0 Å². The number of nitrogens with zero attached hydrogens (tertiary/aromatic N) is 1. The first-order valence-corrected chi connectivity index (χ1v) is 9.56. The summed E-state index contributed by atoms with van der Waals surface area (Å²) in [5.74, 6) is -1.76. The zero-order chi connectivity index (χ0) is 19.8. The Bertz CT molecular complexity index is 1070. The number of allylic oxidation sites excluding steroid dienone is 1. The molecule has 0 spiro atoms. The summed E-state index contributed by atoms with van der Waals surface area (Å²) in [6.07, 6.45) is 0. The lowest BCUT2D eigenvalue weighted by Gasteiger charge is -2.28. The number of carbonyl (C=O) groups excluding carboxylic acids is 2. The Morgan fingerprint density at radius 2 is 1.74 bits per heavy atom. The highest BCUT2D eigenvalue weighted by atomic mass is 32.2. The second kappa shape index (κ2) is 6.88. The topological polar surface area (TPSA) is 101 Å². The number of hydrogen-bond donors (Lipinski definition) is 1. The third-order valence-corrected chi connectivity index (χ3v) is 5.99. The number of hydrogen-bond acceptors (Lipinski definition) is 6. The molecule has 0 saturated heterocycles. The Morgan fingerprint density at radius 1 is 1.07 bits per heavy atom. The molecule has 0 saturated carbocycles. The third kappa shape index (κ3) is 3.08. The number of aliphatic hydroxyl groups excluding tert-OH is 1. The fourth-order valence-electron chi connectivity index (χ4n) is 2.82.